The normalized spacial score (nSPS) is 21.0. The van der Waals surface area contributed by atoms with Gasteiger partial charge in [0.1, 0.15) is 0 Å². The summed E-state index contributed by atoms with van der Waals surface area (Å²) < 4.78 is 23.7. The molecule has 1 aliphatic heterocycles. The molecule has 2 atom stereocenters. The minimum atomic E-state index is -3.07. The van der Waals surface area contributed by atoms with Crippen LogP contribution >= 0.6 is 11.8 Å². The van der Waals surface area contributed by atoms with Crippen molar-refractivity contribution in [3.05, 3.63) is 35.9 Å². The first-order valence-corrected chi connectivity index (χ1v) is 13.4. The summed E-state index contributed by atoms with van der Waals surface area (Å²) in [5.74, 6) is -0.0555. The average Bonchev–Trinajstić information content (AvgIpc) is 3.48. The predicted molar refractivity (Wildman–Crippen MR) is 122 cm³/mol. The van der Waals surface area contributed by atoms with E-state index in [2.05, 4.69) is 10.3 Å². The Bertz CT molecular complexity index is 1110. The highest BCUT2D eigenvalue weighted by atomic mass is 32.2. The van der Waals surface area contributed by atoms with Crippen LogP contribution in [0.25, 0.3) is 10.9 Å². The zero-order valence-electron chi connectivity index (χ0n) is 17.7. The predicted octanol–water partition coefficient (Wildman–Crippen LogP) is 2.64. The topological polar surface area (TPSA) is 96.4 Å². The number of aromatic nitrogens is 1. The fourth-order valence-electron chi connectivity index (χ4n) is 3.97. The van der Waals surface area contributed by atoms with Crippen LogP contribution in [-0.2, 0) is 14.6 Å². The summed E-state index contributed by atoms with van der Waals surface area (Å²) in [5.41, 5.74) is 1.27. The maximum atomic E-state index is 13.1. The van der Waals surface area contributed by atoms with E-state index in [-0.39, 0.29) is 35.4 Å². The third-order valence-corrected chi connectivity index (χ3v) is 8.52. The highest BCUT2D eigenvalue weighted by Gasteiger charge is 2.35. The zero-order chi connectivity index (χ0) is 22.2. The van der Waals surface area contributed by atoms with Crippen molar-refractivity contribution in [1.29, 1.82) is 0 Å². The minimum absolute atomic E-state index is 0.0314. The molecule has 1 saturated heterocycles. The van der Waals surface area contributed by atoms with Crippen molar-refractivity contribution in [3.63, 3.8) is 0 Å². The van der Waals surface area contributed by atoms with Crippen molar-refractivity contribution in [1.82, 2.24) is 15.2 Å². The first kappa shape index (κ1) is 22.1. The summed E-state index contributed by atoms with van der Waals surface area (Å²) in [6.45, 7) is 4.14. The van der Waals surface area contributed by atoms with Gasteiger partial charge in [0.25, 0.3) is 5.91 Å². The number of nitrogens with zero attached hydrogens (tertiary/aromatic N) is 2. The smallest absolute Gasteiger partial charge is 0.252 e. The molecule has 7 nitrogen and oxygen atoms in total. The fourth-order valence-corrected chi connectivity index (χ4v) is 6.64. The Hall–Kier alpha value is -2.13. The second kappa shape index (κ2) is 8.78. The van der Waals surface area contributed by atoms with Gasteiger partial charge in [0.05, 0.1) is 32.9 Å². The summed E-state index contributed by atoms with van der Waals surface area (Å²) in [5, 5.41) is 3.98. The molecular formula is C22H27N3O4S2. The van der Waals surface area contributed by atoms with Crippen LogP contribution in [0.4, 0.5) is 0 Å². The molecule has 9 heteroatoms. The lowest BCUT2D eigenvalue weighted by Crippen LogP contribution is -2.44. The van der Waals surface area contributed by atoms with Crippen molar-refractivity contribution in [3.8, 4) is 0 Å². The maximum Gasteiger partial charge on any atom is 0.252 e. The molecule has 2 amide bonds. The van der Waals surface area contributed by atoms with E-state index >= 15 is 0 Å². The van der Waals surface area contributed by atoms with Crippen LogP contribution in [0.1, 0.15) is 43.5 Å². The van der Waals surface area contributed by atoms with Gasteiger partial charge in [-0.05, 0) is 45.2 Å². The van der Waals surface area contributed by atoms with Crippen molar-refractivity contribution in [2.24, 2.45) is 0 Å². The van der Waals surface area contributed by atoms with Crippen molar-refractivity contribution >= 4 is 44.3 Å². The molecule has 0 spiro atoms. The van der Waals surface area contributed by atoms with Gasteiger partial charge < -0.3 is 10.2 Å². The number of hydrogen-bond donors (Lipinski definition) is 1. The Kier molecular flexibility index (Phi) is 6.25. The lowest BCUT2D eigenvalue weighted by molar-refractivity contribution is -0.131. The number of rotatable bonds is 7. The van der Waals surface area contributed by atoms with Crippen molar-refractivity contribution < 1.29 is 18.0 Å². The number of carbonyl (C=O) groups is 2. The number of amides is 2. The fraction of sp³-hybridized carbons (Fsp3) is 0.500. The number of pyridine rings is 1. The van der Waals surface area contributed by atoms with Crippen molar-refractivity contribution in [2.75, 3.05) is 18.1 Å². The van der Waals surface area contributed by atoms with Crippen LogP contribution in [0, 0.1) is 0 Å². The Balaban J connectivity index is 1.55. The summed E-state index contributed by atoms with van der Waals surface area (Å²) in [4.78, 5) is 32.2. The third kappa shape index (κ3) is 5.03. The first-order valence-electron chi connectivity index (χ1n) is 10.7. The van der Waals surface area contributed by atoms with Crippen LogP contribution in [0.5, 0.6) is 0 Å². The summed E-state index contributed by atoms with van der Waals surface area (Å²) in [6, 6.07) is 9.23. The van der Waals surface area contributed by atoms with Gasteiger partial charge in [-0.15, -0.1) is 0 Å². The number of hydrogen-bond acceptors (Lipinski definition) is 6. The zero-order valence-corrected chi connectivity index (χ0v) is 19.3. The number of benzene rings is 1. The monoisotopic (exact) mass is 461 g/mol. The van der Waals surface area contributed by atoms with Crippen LogP contribution in [0.2, 0.25) is 0 Å². The highest BCUT2D eigenvalue weighted by molar-refractivity contribution is 8.00. The van der Waals surface area contributed by atoms with Gasteiger partial charge in [0.15, 0.2) is 9.84 Å². The van der Waals surface area contributed by atoms with E-state index in [9.17, 15) is 18.0 Å². The van der Waals surface area contributed by atoms with Crippen molar-refractivity contribution in [2.45, 2.75) is 55.5 Å². The Morgan fingerprint density at radius 2 is 2.00 bits per heavy atom. The molecule has 0 unspecified atom stereocenters. The lowest BCUT2D eigenvalue weighted by Gasteiger charge is -2.29. The maximum absolute atomic E-state index is 13.1. The minimum Gasteiger partial charge on any atom is -0.349 e. The molecule has 0 bridgehead atoms. The number of fused-ring (bicyclic) bond motifs is 1. The van der Waals surface area contributed by atoms with Crippen LogP contribution in [-0.4, -0.2) is 65.5 Å². The Morgan fingerprint density at radius 1 is 1.26 bits per heavy atom. The third-order valence-electron chi connectivity index (χ3n) is 5.77. The molecule has 1 aromatic heterocycles. The quantitative estimate of drug-likeness (QED) is 0.637. The van der Waals surface area contributed by atoms with E-state index in [4.69, 9.17) is 0 Å². The number of nitrogens with one attached hydrogen (secondary N) is 1. The Morgan fingerprint density at radius 3 is 2.65 bits per heavy atom. The molecule has 1 N–H and O–H groups in total. The van der Waals surface area contributed by atoms with E-state index < -0.39 is 15.1 Å². The van der Waals surface area contributed by atoms with Gasteiger partial charge in [0.2, 0.25) is 5.91 Å². The number of para-hydroxylation sites is 1. The average molecular weight is 462 g/mol. The van der Waals surface area contributed by atoms with E-state index in [1.54, 1.807) is 17.9 Å². The van der Waals surface area contributed by atoms with Crippen LogP contribution < -0.4 is 5.32 Å². The van der Waals surface area contributed by atoms with E-state index in [1.165, 1.54) is 11.8 Å². The van der Waals surface area contributed by atoms with E-state index in [0.717, 1.165) is 18.2 Å². The van der Waals surface area contributed by atoms with Gasteiger partial charge in [-0.25, -0.2) is 13.4 Å². The largest absolute Gasteiger partial charge is 0.349 e. The van der Waals surface area contributed by atoms with E-state index in [0.29, 0.717) is 29.1 Å². The van der Waals surface area contributed by atoms with Gasteiger partial charge >= 0.3 is 0 Å². The number of carbonyl (C=O) groups excluding carboxylic acids is 2. The molecule has 166 valence electrons. The standard InChI is InChI=1S/C22H27N3O4S2/c1-3-25(16-10-11-31(28,29)13-16)22(27)14(2)30-20-12-18(21(26)23-15-8-9-15)17-6-4-5-7-19(17)24-20/h4-7,12,14-16H,3,8-11,13H2,1-2H3,(H,23,26)/t14-,16+/m0/s1. The van der Waals surface area contributed by atoms with Gasteiger partial charge in [0, 0.05) is 24.0 Å². The molecule has 1 aromatic carbocycles. The molecule has 31 heavy (non-hydrogen) atoms. The molecule has 2 aliphatic rings. The van der Waals surface area contributed by atoms with Crippen LogP contribution in [0.15, 0.2) is 35.4 Å². The molecule has 1 aliphatic carbocycles. The molecule has 2 aromatic rings. The van der Waals surface area contributed by atoms with E-state index in [1.807, 2.05) is 31.2 Å². The highest BCUT2D eigenvalue weighted by Crippen LogP contribution is 2.30. The molecule has 1 saturated carbocycles. The number of thioether (sulfide) groups is 1. The first-order chi connectivity index (χ1) is 14.8. The van der Waals surface area contributed by atoms with Gasteiger partial charge in [-0.1, -0.05) is 30.0 Å². The van der Waals surface area contributed by atoms with Gasteiger partial charge in [-0.2, -0.15) is 0 Å². The molecular weight excluding hydrogens is 434 g/mol. The Labute approximate surface area is 186 Å². The van der Waals surface area contributed by atoms with Crippen LogP contribution in [0.3, 0.4) is 0 Å². The molecule has 4 rings (SSSR count). The molecule has 2 fully saturated rings. The second-order valence-corrected chi connectivity index (χ2v) is 11.8. The molecule has 2 heterocycles. The molecule has 0 radical (unpaired) electrons. The summed E-state index contributed by atoms with van der Waals surface area (Å²) in [7, 11) is -3.07. The number of sulfone groups is 1. The van der Waals surface area contributed by atoms with Gasteiger partial charge in [-0.3, -0.25) is 9.59 Å². The lowest BCUT2D eigenvalue weighted by atomic mass is 10.1. The SMILES string of the molecule is CCN(C(=O)[C@H](C)Sc1cc(C(=O)NC2CC2)c2ccccc2n1)[C@@H]1CCS(=O)(=O)C1. The summed E-state index contributed by atoms with van der Waals surface area (Å²) in [6.07, 6.45) is 2.50. The summed E-state index contributed by atoms with van der Waals surface area (Å²) >= 11 is 1.30. The second-order valence-electron chi connectivity index (χ2n) is 8.21.